The average molecular weight is 342 g/mol. The molecule has 1 atom stereocenters. The van der Waals surface area contributed by atoms with Crippen LogP contribution in [0.1, 0.15) is 36.4 Å². The van der Waals surface area contributed by atoms with Gasteiger partial charge in [0.25, 0.3) is 0 Å². The fourth-order valence-electron chi connectivity index (χ4n) is 3.09. The molecule has 3 aromatic heterocycles. The number of rotatable bonds is 4. The topological polar surface area (TPSA) is 55.1 Å². The first-order chi connectivity index (χ1) is 11.4. The van der Waals surface area contributed by atoms with Gasteiger partial charge in [-0.15, -0.1) is 17.5 Å². The quantitative estimate of drug-likeness (QED) is 0.729. The molecular weight excluding hydrogens is 322 g/mol. The van der Waals surface area contributed by atoms with Crippen LogP contribution in [0.3, 0.4) is 0 Å². The molecule has 5 nitrogen and oxygen atoms in total. The molecule has 0 amide bonds. The highest BCUT2D eigenvalue weighted by Crippen LogP contribution is 2.32. The van der Waals surface area contributed by atoms with E-state index in [1.807, 2.05) is 41.3 Å². The summed E-state index contributed by atoms with van der Waals surface area (Å²) in [7, 11) is 0. The van der Waals surface area contributed by atoms with Crippen molar-refractivity contribution in [2.24, 2.45) is 0 Å². The van der Waals surface area contributed by atoms with Gasteiger partial charge in [-0.3, -0.25) is 4.98 Å². The molecule has 6 heteroatoms. The highest BCUT2D eigenvalue weighted by atomic mass is 35.5. The molecular formula is C18H20ClN5. The van der Waals surface area contributed by atoms with E-state index in [0.717, 1.165) is 30.0 Å². The number of aromatic nitrogens is 4. The van der Waals surface area contributed by atoms with Crippen LogP contribution in [0.15, 0.2) is 55.0 Å². The molecule has 1 unspecified atom stereocenters. The molecule has 1 aliphatic rings. The summed E-state index contributed by atoms with van der Waals surface area (Å²) in [6.45, 7) is 0.665. The Hall–Kier alpha value is -2.40. The summed E-state index contributed by atoms with van der Waals surface area (Å²) in [5, 5.41) is 7.99. The van der Waals surface area contributed by atoms with Crippen LogP contribution < -0.4 is 5.32 Å². The Morgan fingerprint density at radius 3 is 2.92 bits per heavy atom. The van der Waals surface area contributed by atoms with Crippen molar-refractivity contribution in [1.82, 2.24) is 19.6 Å². The molecule has 24 heavy (non-hydrogen) atoms. The van der Waals surface area contributed by atoms with Crippen LogP contribution in [0.4, 0.5) is 5.82 Å². The van der Waals surface area contributed by atoms with Gasteiger partial charge in [-0.05, 0) is 43.4 Å². The van der Waals surface area contributed by atoms with Gasteiger partial charge in [0.05, 0.1) is 12.2 Å². The Balaban J connectivity index is 0.00000169. The monoisotopic (exact) mass is 341 g/mol. The first kappa shape index (κ1) is 16.5. The van der Waals surface area contributed by atoms with Crippen molar-refractivity contribution in [3.8, 4) is 0 Å². The van der Waals surface area contributed by atoms with Gasteiger partial charge in [-0.2, -0.15) is 0 Å². The van der Waals surface area contributed by atoms with Crippen molar-refractivity contribution >= 4 is 23.9 Å². The number of imidazole rings is 1. The van der Waals surface area contributed by atoms with Gasteiger partial charge in [0, 0.05) is 24.2 Å². The van der Waals surface area contributed by atoms with Gasteiger partial charge in [0.2, 0.25) is 0 Å². The summed E-state index contributed by atoms with van der Waals surface area (Å²) < 4.78 is 1.87. The van der Waals surface area contributed by atoms with E-state index >= 15 is 0 Å². The highest BCUT2D eigenvalue weighted by molar-refractivity contribution is 5.85. The summed E-state index contributed by atoms with van der Waals surface area (Å²) in [6, 6.07) is 8.08. The van der Waals surface area contributed by atoms with Crippen molar-refractivity contribution in [3.05, 3.63) is 66.3 Å². The summed E-state index contributed by atoms with van der Waals surface area (Å²) in [5.74, 6) is 1.38. The number of halogens is 1. The second-order valence-corrected chi connectivity index (χ2v) is 5.84. The Bertz CT molecular complexity index is 828. The third kappa shape index (κ3) is 3.41. The van der Waals surface area contributed by atoms with E-state index in [0.29, 0.717) is 12.5 Å². The van der Waals surface area contributed by atoms with Crippen LogP contribution in [0.2, 0.25) is 0 Å². The third-order valence-corrected chi connectivity index (χ3v) is 4.27. The molecule has 0 fully saturated rings. The predicted molar refractivity (Wildman–Crippen MR) is 97.5 cm³/mol. The standard InChI is InChI=1S/C18H19N5.ClH/c1-2-6-14(7-3-1)16-12-17(22-23-11-10-20-18(16)23)21-13-15-8-4-5-9-19-15;/h1-2,4-5,8-12,14H,3,6-7,13H2,(H,21,22);1H. The Kier molecular flexibility index (Phi) is 5.11. The Morgan fingerprint density at radius 2 is 2.12 bits per heavy atom. The first-order valence-corrected chi connectivity index (χ1v) is 8.03. The molecule has 0 aliphatic heterocycles. The minimum atomic E-state index is 0. The van der Waals surface area contributed by atoms with Crippen LogP contribution in [-0.4, -0.2) is 19.6 Å². The molecule has 0 radical (unpaired) electrons. The second kappa shape index (κ2) is 7.45. The smallest absolute Gasteiger partial charge is 0.157 e. The van der Waals surface area contributed by atoms with Crippen molar-refractivity contribution in [3.63, 3.8) is 0 Å². The van der Waals surface area contributed by atoms with E-state index in [1.54, 1.807) is 0 Å². The molecule has 0 bridgehead atoms. The first-order valence-electron chi connectivity index (χ1n) is 8.03. The van der Waals surface area contributed by atoms with Gasteiger partial charge in [0.15, 0.2) is 5.65 Å². The fraction of sp³-hybridized carbons (Fsp3) is 0.278. The van der Waals surface area contributed by atoms with Crippen LogP contribution in [0.5, 0.6) is 0 Å². The number of allylic oxidation sites excluding steroid dienone is 2. The molecule has 124 valence electrons. The average Bonchev–Trinajstić information content (AvgIpc) is 3.09. The van der Waals surface area contributed by atoms with E-state index in [1.165, 1.54) is 12.0 Å². The lowest BCUT2D eigenvalue weighted by Crippen LogP contribution is -2.09. The lowest BCUT2D eigenvalue weighted by molar-refractivity contribution is 0.616. The van der Waals surface area contributed by atoms with Crippen molar-refractivity contribution in [2.45, 2.75) is 31.7 Å². The predicted octanol–water partition coefficient (Wildman–Crippen LogP) is 3.98. The number of hydrogen-bond donors (Lipinski definition) is 1. The molecule has 3 aromatic rings. The zero-order chi connectivity index (χ0) is 15.5. The van der Waals surface area contributed by atoms with Crippen molar-refractivity contribution in [1.29, 1.82) is 0 Å². The molecule has 1 N–H and O–H groups in total. The van der Waals surface area contributed by atoms with Crippen LogP contribution in [-0.2, 0) is 6.54 Å². The van der Waals surface area contributed by atoms with Crippen LogP contribution in [0, 0.1) is 0 Å². The molecule has 3 heterocycles. The minimum absolute atomic E-state index is 0. The number of nitrogens with one attached hydrogen (secondary N) is 1. The van der Waals surface area contributed by atoms with Crippen molar-refractivity contribution in [2.75, 3.05) is 5.32 Å². The minimum Gasteiger partial charge on any atom is -0.363 e. The van der Waals surface area contributed by atoms with Gasteiger partial charge >= 0.3 is 0 Å². The van der Waals surface area contributed by atoms with E-state index in [-0.39, 0.29) is 12.4 Å². The molecule has 1 aliphatic carbocycles. The zero-order valence-corrected chi connectivity index (χ0v) is 14.1. The summed E-state index contributed by atoms with van der Waals surface area (Å²) in [4.78, 5) is 8.83. The number of anilines is 1. The molecule has 4 rings (SSSR count). The van der Waals surface area contributed by atoms with Gasteiger partial charge in [0.1, 0.15) is 5.82 Å². The van der Waals surface area contributed by atoms with Crippen LogP contribution >= 0.6 is 12.4 Å². The summed E-state index contributed by atoms with van der Waals surface area (Å²) in [6.07, 6.45) is 13.4. The maximum Gasteiger partial charge on any atom is 0.157 e. The number of fused-ring (bicyclic) bond motifs is 1. The maximum atomic E-state index is 4.60. The number of nitrogens with zero attached hydrogens (tertiary/aromatic N) is 4. The van der Waals surface area contributed by atoms with Gasteiger partial charge in [-0.25, -0.2) is 9.50 Å². The lowest BCUT2D eigenvalue weighted by atomic mass is 9.88. The maximum absolute atomic E-state index is 4.60. The van der Waals surface area contributed by atoms with Gasteiger partial charge in [-0.1, -0.05) is 18.2 Å². The molecule has 0 saturated carbocycles. The van der Waals surface area contributed by atoms with E-state index in [4.69, 9.17) is 0 Å². The van der Waals surface area contributed by atoms with Crippen molar-refractivity contribution < 1.29 is 0 Å². The fourth-order valence-corrected chi connectivity index (χ4v) is 3.09. The molecule has 0 saturated heterocycles. The van der Waals surface area contributed by atoms with E-state index in [2.05, 4.69) is 38.6 Å². The van der Waals surface area contributed by atoms with Gasteiger partial charge < -0.3 is 5.32 Å². The Morgan fingerprint density at radius 1 is 1.17 bits per heavy atom. The lowest BCUT2D eigenvalue weighted by Gasteiger charge is -2.19. The summed E-state index contributed by atoms with van der Waals surface area (Å²) >= 11 is 0. The van der Waals surface area contributed by atoms with E-state index in [9.17, 15) is 0 Å². The summed E-state index contributed by atoms with van der Waals surface area (Å²) in [5.41, 5.74) is 3.24. The zero-order valence-electron chi connectivity index (χ0n) is 13.3. The highest BCUT2D eigenvalue weighted by Gasteiger charge is 2.18. The van der Waals surface area contributed by atoms with E-state index < -0.39 is 0 Å². The SMILES string of the molecule is C1=CCC(c2cc(NCc3ccccn3)nn3ccnc23)CC1.Cl. The largest absolute Gasteiger partial charge is 0.363 e. The second-order valence-electron chi connectivity index (χ2n) is 5.84. The Labute approximate surface area is 147 Å². The normalized spacial score (nSPS) is 16.8. The van der Waals surface area contributed by atoms with Crippen LogP contribution in [0.25, 0.3) is 5.65 Å². The molecule has 0 spiro atoms. The third-order valence-electron chi connectivity index (χ3n) is 4.27. The number of hydrogen-bond acceptors (Lipinski definition) is 4. The number of pyridine rings is 1. The molecule has 0 aromatic carbocycles.